The molecule has 1 aliphatic rings. The largest absolute Gasteiger partial charge is 0.368 e. The smallest absolute Gasteiger partial charge is 0.362 e. The molecule has 3 aromatic carbocycles. The van der Waals surface area contributed by atoms with Gasteiger partial charge >= 0.3 is 17.3 Å². The number of pyridine rings is 1. The molecule has 0 radical (unpaired) electrons. The lowest BCUT2D eigenvalue weighted by Gasteiger charge is -2.37. The van der Waals surface area contributed by atoms with Crippen molar-refractivity contribution in [1.29, 1.82) is 0 Å². The molecule has 54 heavy (non-hydrogen) atoms. The third kappa shape index (κ3) is 6.66. The molecule has 0 aliphatic carbocycles. The van der Waals surface area contributed by atoms with Gasteiger partial charge in [0.25, 0.3) is 0 Å². The van der Waals surface area contributed by atoms with Crippen molar-refractivity contribution in [3.63, 3.8) is 0 Å². The van der Waals surface area contributed by atoms with E-state index in [1.807, 2.05) is 72.6 Å². The highest BCUT2D eigenvalue weighted by Crippen LogP contribution is 2.47. The Kier molecular flexibility index (Phi) is 9.66. The van der Waals surface area contributed by atoms with Gasteiger partial charge in [0, 0.05) is 67.5 Å². The predicted octanol–water partition coefficient (Wildman–Crippen LogP) is 4.10. The highest BCUT2D eigenvalue weighted by molar-refractivity contribution is 5.66. The fraction of sp³-hybridized carbons (Fsp3) is 0.297. The number of nitrogens with one attached hydrogen (secondary N) is 1. The first kappa shape index (κ1) is 36.3. The summed E-state index contributed by atoms with van der Waals surface area (Å²) in [5, 5.41) is 13.0. The third-order valence-electron chi connectivity index (χ3n) is 9.88. The number of benzene rings is 3. The van der Waals surface area contributed by atoms with Gasteiger partial charge in [0.2, 0.25) is 0 Å². The van der Waals surface area contributed by atoms with E-state index in [1.165, 1.54) is 16.9 Å². The topological polar surface area (TPSA) is 126 Å². The summed E-state index contributed by atoms with van der Waals surface area (Å²) in [5.41, 5.74) is -1.35. The van der Waals surface area contributed by atoms with E-state index in [0.717, 1.165) is 73.9 Å². The molecule has 0 spiro atoms. The number of hydrogen-bond donors (Lipinski definition) is 1. The highest BCUT2D eigenvalue weighted by atomic mass is 19.3. The lowest BCUT2D eigenvalue weighted by Crippen LogP contribution is -2.52. The van der Waals surface area contributed by atoms with Crippen molar-refractivity contribution in [2.75, 3.05) is 56.6 Å². The summed E-state index contributed by atoms with van der Waals surface area (Å²) >= 11 is 0. The van der Waals surface area contributed by atoms with Crippen LogP contribution in [0, 0.1) is 11.6 Å². The summed E-state index contributed by atoms with van der Waals surface area (Å²) in [6, 6.07) is 20.3. The predicted molar refractivity (Wildman–Crippen MR) is 194 cm³/mol. The summed E-state index contributed by atoms with van der Waals surface area (Å²) in [5.74, 6) is -6.26. The van der Waals surface area contributed by atoms with Crippen LogP contribution in [-0.2, 0) is 18.0 Å². The number of aromatic amines is 1. The van der Waals surface area contributed by atoms with Crippen LogP contribution in [0.2, 0.25) is 0 Å². The number of H-pyrrole nitrogens is 1. The van der Waals surface area contributed by atoms with Gasteiger partial charge in [-0.3, -0.25) is 4.98 Å². The highest BCUT2D eigenvalue weighted by Gasteiger charge is 2.58. The second-order valence-electron chi connectivity index (χ2n) is 13.5. The number of rotatable bonds is 11. The van der Waals surface area contributed by atoms with Crippen molar-refractivity contribution < 1.29 is 17.6 Å². The van der Waals surface area contributed by atoms with Crippen LogP contribution in [0.5, 0.6) is 0 Å². The molecule has 0 unspecified atom stereocenters. The fourth-order valence-electron chi connectivity index (χ4n) is 6.66. The van der Waals surface area contributed by atoms with Crippen molar-refractivity contribution >= 4 is 11.4 Å². The molecule has 0 saturated carbocycles. The van der Waals surface area contributed by atoms with E-state index in [-0.39, 0.29) is 5.69 Å². The average Bonchev–Trinajstić information content (AvgIpc) is 3.78. The zero-order valence-electron chi connectivity index (χ0n) is 29.7. The SMILES string of the molecule is CN(C)CCn1ncn(-c2ccc(N3CCN(c4ccc(-c5ccc(C(F)(F)[C@@](C)(c6ccc(F)cc6F)n6nn[nH]c6=O)nc5)cc4)CC3)cc2)c1=O. The van der Waals surface area contributed by atoms with E-state index in [2.05, 4.69) is 30.3 Å². The van der Waals surface area contributed by atoms with Gasteiger partial charge in [-0.05, 0) is 85.5 Å². The first-order valence-corrected chi connectivity index (χ1v) is 17.2. The van der Waals surface area contributed by atoms with Gasteiger partial charge < -0.3 is 14.7 Å². The molecule has 17 heteroatoms. The molecule has 0 bridgehead atoms. The molecular weight excluding hydrogens is 706 g/mol. The number of likely N-dealkylation sites (N-methyl/N-ethyl adjacent to an activating group) is 1. The molecule has 1 N–H and O–H groups in total. The minimum absolute atomic E-state index is 0.179. The molecule has 1 atom stereocenters. The number of alkyl halides is 2. The summed E-state index contributed by atoms with van der Waals surface area (Å²) < 4.78 is 64.9. The van der Waals surface area contributed by atoms with Crippen LogP contribution in [0.3, 0.4) is 0 Å². The zero-order chi connectivity index (χ0) is 38.2. The van der Waals surface area contributed by atoms with E-state index in [0.29, 0.717) is 29.4 Å². The Morgan fingerprint density at radius 3 is 1.98 bits per heavy atom. The van der Waals surface area contributed by atoms with Gasteiger partial charge in [-0.15, -0.1) is 0 Å². The summed E-state index contributed by atoms with van der Waals surface area (Å²) in [7, 11) is 3.90. The maximum atomic E-state index is 16.4. The van der Waals surface area contributed by atoms with Crippen LogP contribution in [-0.4, -0.2) is 91.3 Å². The van der Waals surface area contributed by atoms with E-state index >= 15 is 8.78 Å². The van der Waals surface area contributed by atoms with Crippen molar-refractivity contribution in [1.82, 2.24) is 44.4 Å². The number of tetrazole rings is 1. The normalized spacial score (nSPS) is 14.8. The van der Waals surface area contributed by atoms with E-state index in [1.54, 1.807) is 10.9 Å². The van der Waals surface area contributed by atoms with E-state index < -0.39 is 40.0 Å². The van der Waals surface area contributed by atoms with Gasteiger partial charge in [0.05, 0.1) is 12.2 Å². The average molecular weight is 744 g/mol. The summed E-state index contributed by atoms with van der Waals surface area (Å²) in [6.07, 6.45) is 2.83. The van der Waals surface area contributed by atoms with Crippen LogP contribution < -0.4 is 21.2 Å². The van der Waals surface area contributed by atoms with Gasteiger partial charge in [0.1, 0.15) is 23.7 Å². The second-order valence-corrected chi connectivity index (χ2v) is 13.5. The van der Waals surface area contributed by atoms with Crippen LogP contribution >= 0.6 is 0 Å². The van der Waals surface area contributed by atoms with E-state index in [4.69, 9.17) is 0 Å². The van der Waals surface area contributed by atoms with Gasteiger partial charge in [-0.2, -0.15) is 18.6 Å². The van der Waals surface area contributed by atoms with Crippen molar-refractivity contribution in [2.24, 2.45) is 0 Å². The Labute approximate surface area is 306 Å². The molecule has 4 heterocycles. The number of hydrogen-bond acceptors (Lipinski definition) is 9. The number of nitrogens with zero attached hydrogens (tertiary/aromatic N) is 10. The molecule has 13 nitrogen and oxygen atoms in total. The number of piperazine rings is 1. The quantitative estimate of drug-likeness (QED) is 0.196. The molecule has 1 saturated heterocycles. The molecule has 1 fully saturated rings. The Hall–Kier alpha value is -6.10. The molecule has 7 rings (SSSR count). The lowest BCUT2D eigenvalue weighted by atomic mass is 9.83. The van der Waals surface area contributed by atoms with Gasteiger partial charge in [0.15, 0.2) is 5.54 Å². The van der Waals surface area contributed by atoms with E-state index in [9.17, 15) is 18.4 Å². The van der Waals surface area contributed by atoms with Gasteiger partial charge in [-0.1, -0.05) is 24.3 Å². The maximum absolute atomic E-state index is 16.4. The molecule has 280 valence electrons. The monoisotopic (exact) mass is 743 g/mol. The molecule has 0 amide bonds. The third-order valence-corrected chi connectivity index (χ3v) is 9.88. The van der Waals surface area contributed by atoms with Crippen LogP contribution in [0.25, 0.3) is 16.8 Å². The van der Waals surface area contributed by atoms with Crippen molar-refractivity contribution in [3.8, 4) is 16.8 Å². The second kappa shape index (κ2) is 14.4. The van der Waals surface area contributed by atoms with Crippen LogP contribution in [0.1, 0.15) is 18.2 Å². The summed E-state index contributed by atoms with van der Waals surface area (Å²) in [4.78, 5) is 35.8. The Bertz CT molecular complexity index is 2350. The molecule has 6 aromatic rings. The lowest BCUT2D eigenvalue weighted by molar-refractivity contribution is -0.104. The van der Waals surface area contributed by atoms with Crippen LogP contribution in [0.15, 0.2) is 101 Å². The molecule has 1 aliphatic heterocycles. The van der Waals surface area contributed by atoms with Gasteiger partial charge in [-0.25, -0.2) is 32.7 Å². The number of halogens is 4. The Morgan fingerprint density at radius 1 is 0.815 bits per heavy atom. The van der Waals surface area contributed by atoms with Crippen LogP contribution in [0.4, 0.5) is 28.9 Å². The minimum Gasteiger partial charge on any atom is -0.368 e. The number of anilines is 2. The first-order valence-electron chi connectivity index (χ1n) is 17.2. The first-order chi connectivity index (χ1) is 25.9. The molecular formula is C37H37F4N11O2. The van der Waals surface area contributed by atoms with Crippen molar-refractivity contribution in [2.45, 2.75) is 24.9 Å². The van der Waals surface area contributed by atoms with Crippen molar-refractivity contribution in [3.05, 3.63) is 135 Å². The summed E-state index contributed by atoms with van der Waals surface area (Å²) in [6.45, 7) is 5.25. The number of aromatic nitrogens is 8. The maximum Gasteiger partial charge on any atom is 0.362 e. The fourth-order valence-corrected chi connectivity index (χ4v) is 6.66. The Balaban J connectivity index is 1.01. The standard InChI is InChI=1S/C37H37F4N11O2/c1-36(52-34(53)44-45-46-52,31-14-7-27(38)22-32(31)39)37(40,41)33-15-6-26(23-42-33)25-4-8-28(9-5-25)48-17-19-49(20-18-48)29-10-12-30(13-11-29)50-24-43-51(35(50)54)21-16-47(2)3/h4-15,22-24H,16-21H2,1-3H3,(H,44,46,53)/t36-/m1/s1. The minimum atomic E-state index is -4.01. The zero-order valence-corrected chi connectivity index (χ0v) is 29.7. The molecule has 3 aromatic heterocycles. The Morgan fingerprint density at radius 2 is 1.43 bits per heavy atom.